The summed E-state index contributed by atoms with van der Waals surface area (Å²) in [5, 5.41) is 2.70. The van der Waals surface area contributed by atoms with Crippen molar-refractivity contribution < 1.29 is 4.79 Å². The Kier molecular flexibility index (Phi) is 1.96. The van der Waals surface area contributed by atoms with E-state index in [2.05, 4.69) is 42.2 Å². The molecule has 13 heavy (non-hydrogen) atoms. The first-order valence-corrected chi connectivity index (χ1v) is 5.27. The zero-order chi connectivity index (χ0) is 9.64. The Morgan fingerprint density at radius 3 is 2.92 bits per heavy atom. The number of hydrogen-bond donors (Lipinski definition) is 1. The molecule has 1 amide bonds. The highest BCUT2D eigenvalue weighted by atomic mass is 79.9. The quantitative estimate of drug-likeness (QED) is 0.748. The predicted molar refractivity (Wildman–Crippen MR) is 56.8 cm³/mol. The first kappa shape index (κ1) is 9.15. The number of fused-ring (bicyclic) bond motifs is 1. The molecule has 3 nitrogen and oxygen atoms in total. The van der Waals surface area contributed by atoms with Gasteiger partial charge in [0, 0.05) is 16.2 Å². The van der Waals surface area contributed by atoms with E-state index in [0.29, 0.717) is 5.82 Å². The number of rotatable bonds is 0. The standard InChI is InChI=1S/C8H6Br2N2O/c1-8(10)5-4(9)2-3-11-6(5)12-7(8)13/h2-3H,1H3,(H,11,12,13). The average Bonchev–Trinajstić information content (AvgIpc) is 2.24. The monoisotopic (exact) mass is 304 g/mol. The lowest BCUT2D eigenvalue weighted by atomic mass is 10.1. The van der Waals surface area contributed by atoms with Gasteiger partial charge in [0.05, 0.1) is 0 Å². The van der Waals surface area contributed by atoms with Crippen molar-refractivity contribution >= 4 is 43.6 Å². The molecular formula is C8H6Br2N2O. The van der Waals surface area contributed by atoms with Gasteiger partial charge in [0.25, 0.3) is 0 Å². The second kappa shape index (κ2) is 2.78. The molecule has 68 valence electrons. The molecule has 1 aliphatic heterocycles. The van der Waals surface area contributed by atoms with Gasteiger partial charge in [0.15, 0.2) is 0 Å². The van der Waals surface area contributed by atoms with Crippen molar-refractivity contribution in [2.75, 3.05) is 5.32 Å². The van der Waals surface area contributed by atoms with E-state index in [1.165, 1.54) is 0 Å². The zero-order valence-corrected chi connectivity index (χ0v) is 9.94. The van der Waals surface area contributed by atoms with Gasteiger partial charge in [-0.1, -0.05) is 31.9 Å². The number of aromatic nitrogens is 1. The molecule has 0 fully saturated rings. The molecule has 1 N–H and O–H groups in total. The third kappa shape index (κ3) is 1.21. The summed E-state index contributed by atoms with van der Waals surface area (Å²) in [5.41, 5.74) is 0.861. The second-order valence-electron chi connectivity index (χ2n) is 2.97. The van der Waals surface area contributed by atoms with E-state index in [1.807, 2.05) is 6.07 Å². The van der Waals surface area contributed by atoms with Crippen molar-refractivity contribution in [2.45, 2.75) is 11.2 Å². The molecule has 1 aromatic rings. The van der Waals surface area contributed by atoms with Gasteiger partial charge in [-0.2, -0.15) is 0 Å². The van der Waals surface area contributed by atoms with Crippen molar-refractivity contribution in [3.63, 3.8) is 0 Å². The van der Waals surface area contributed by atoms with Crippen molar-refractivity contribution in [2.24, 2.45) is 0 Å². The number of halogens is 2. The fourth-order valence-corrected chi connectivity index (χ4v) is 2.79. The number of anilines is 1. The third-order valence-electron chi connectivity index (χ3n) is 2.03. The number of nitrogens with one attached hydrogen (secondary N) is 1. The van der Waals surface area contributed by atoms with E-state index in [1.54, 1.807) is 13.1 Å². The van der Waals surface area contributed by atoms with Crippen LogP contribution in [0.25, 0.3) is 0 Å². The smallest absolute Gasteiger partial charge is 0.246 e. The summed E-state index contributed by atoms with van der Waals surface area (Å²) in [7, 11) is 0. The predicted octanol–water partition coefficient (Wildman–Crippen LogP) is 2.41. The van der Waals surface area contributed by atoms with Crippen LogP contribution in [0, 0.1) is 0 Å². The number of hydrogen-bond acceptors (Lipinski definition) is 2. The molecule has 0 saturated heterocycles. The van der Waals surface area contributed by atoms with Gasteiger partial charge in [-0.05, 0) is 13.0 Å². The summed E-state index contributed by atoms with van der Waals surface area (Å²) in [4.78, 5) is 15.6. The normalized spacial score (nSPS) is 25.6. The average molecular weight is 306 g/mol. The number of carbonyl (C=O) groups is 1. The van der Waals surface area contributed by atoms with Gasteiger partial charge in [-0.25, -0.2) is 4.98 Å². The van der Waals surface area contributed by atoms with E-state index in [0.717, 1.165) is 10.0 Å². The van der Waals surface area contributed by atoms with Gasteiger partial charge in [-0.3, -0.25) is 4.79 Å². The van der Waals surface area contributed by atoms with Crippen LogP contribution in [0.4, 0.5) is 5.82 Å². The first-order valence-electron chi connectivity index (χ1n) is 3.69. The van der Waals surface area contributed by atoms with Crippen LogP contribution in [0.5, 0.6) is 0 Å². The first-order chi connectivity index (χ1) is 6.03. The van der Waals surface area contributed by atoms with Crippen LogP contribution in [0.2, 0.25) is 0 Å². The van der Waals surface area contributed by atoms with Gasteiger partial charge in [0.1, 0.15) is 10.1 Å². The van der Waals surface area contributed by atoms with E-state index >= 15 is 0 Å². The van der Waals surface area contributed by atoms with Crippen molar-refractivity contribution in [3.05, 3.63) is 22.3 Å². The van der Waals surface area contributed by atoms with Gasteiger partial charge >= 0.3 is 0 Å². The minimum absolute atomic E-state index is 0.0816. The highest BCUT2D eigenvalue weighted by Gasteiger charge is 2.42. The maximum Gasteiger partial charge on any atom is 0.246 e. The summed E-state index contributed by atoms with van der Waals surface area (Å²) < 4.78 is 0.213. The summed E-state index contributed by atoms with van der Waals surface area (Å²) in [6.07, 6.45) is 1.65. The Morgan fingerprint density at radius 2 is 2.31 bits per heavy atom. The fourth-order valence-electron chi connectivity index (χ4n) is 1.32. The lowest BCUT2D eigenvalue weighted by Crippen LogP contribution is -2.23. The van der Waals surface area contributed by atoms with Crippen LogP contribution in [-0.4, -0.2) is 10.9 Å². The molecule has 1 unspecified atom stereocenters. The molecule has 5 heteroatoms. The molecular weight excluding hydrogens is 300 g/mol. The van der Waals surface area contributed by atoms with Crippen molar-refractivity contribution in [1.29, 1.82) is 0 Å². The van der Waals surface area contributed by atoms with E-state index < -0.39 is 4.32 Å². The molecule has 2 heterocycles. The zero-order valence-electron chi connectivity index (χ0n) is 6.77. The number of amides is 1. The van der Waals surface area contributed by atoms with Crippen LogP contribution in [0.15, 0.2) is 16.7 Å². The van der Waals surface area contributed by atoms with Crippen LogP contribution in [-0.2, 0) is 9.12 Å². The summed E-state index contributed by atoms with van der Waals surface area (Å²) in [6, 6.07) is 1.82. The van der Waals surface area contributed by atoms with Crippen molar-refractivity contribution in [3.8, 4) is 0 Å². The van der Waals surface area contributed by atoms with Crippen LogP contribution in [0.3, 0.4) is 0 Å². The number of pyridine rings is 1. The SMILES string of the molecule is CC1(Br)C(=O)Nc2nccc(Br)c21. The molecule has 0 aromatic carbocycles. The number of nitrogens with zero attached hydrogens (tertiary/aromatic N) is 1. The maximum atomic E-state index is 11.5. The molecule has 0 bridgehead atoms. The molecule has 1 aromatic heterocycles. The third-order valence-corrected chi connectivity index (χ3v) is 3.45. The summed E-state index contributed by atoms with van der Waals surface area (Å²) in [5.74, 6) is 0.542. The van der Waals surface area contributed by atoms with E-state index in [4.69, 9.17) is 0 Å². The molecule has 2 rings (SSSR count). The summed E-state index contributed by atoms with van der Waals surface area (Å²) in [6.45, 7) is 1.81. The lowest BCUT2D eigenvalue weighted by molar-refractivity contribution is -0.117. The topological polar surface area (TPSA) is 42.0 Å². The van der Waals surface area contributed by atoms with Crippen LogP contribution in [0.1, 0.15) is 12.5 Å². The highest BCUT2D eigenvalue weighted by Crippen LogP contribution is 2.44. The van der Waals surface area contributed by atoms with Gasteiger partial charge in [0.2, 0.25) is 5.91 Å². The largest absolute Gasteiger partial charge is 0.309 e. The molecule has 0 spiro atoms. The Hall–Kier alpha value is -0.420. The maximum absolute atomic E-state index is 11.5. The minimum atomic E-state index is -0.671. The second-order valence-corrected chi connectivity index (χ2v) is 5.41. The summed E-state index contributed by atoms with van der Waals surface area (Å²) >= 11 is 6.76. The Bertz CT molecular complexity index is 390. The van der Waals surface area contributed by atoms with Crippen LogP contribution < -0.4 is 5.32 Å². The van der Waals surface area contributed by atoms with E-state index in [-0.39, 0.29) is 5.91 Å². The fraction of sp³-hybridized carbons (Fsp3) is 0.250. The molecule has 1 aliphatic rings. The highest BCUT2D eigenvalue weighted by molar-refractivity contribution is 9.11. The Balaban J connectivity index is 2.70. The van der Waals surface area contributed by atoms with E-state index in [9.17, 15) is 4.79 Å². The van der Waals surface area contributed by atoms with Crippen molar-refractivity contribution in [1.82, 2.24) is 4.98 Å². The molecule has 0 radical (unpaired) electrons. The van der Waals surface area contributed by atoms with Crippen LogP contribution >= 0.6 is 31.9 Å². The van der Waals surface area contributed by atoms with Gasteiger partial charge in [-0.15, -0.1) is 0 Å². The molecule has 0 aliphatic carbocycles. The number of carbonyl (C=O) groups excluding carboxylic acids is 1. The molecule has 0 saturated carbocycles. The molecule has 1 atom stereocenters. The number of alkyl halides is 1. The Labute approximate surface area is 92.2 Å². The van der Waals surface area contributed by atoms with Gasteiger partial charge < -0.3 is 5.32 Å². The minimum Gasteiger partial charge on any atom is -0.309 e. The lowest BCUT2D eigenvalue weighted by Gasteiger charge is -2.13. The Morgan fingerprint density at radius 1 is 1.62 bits per heavy atom.